The van der Waals surface area contributed by atoms with E-state index in [4.69, 9.17) is 4.74 Å². The number of imidazole rings is 1. The summed E-state index contributed by atoms with van der Waals surface area (Å²) in [6, 6.07) is 12.7. The average Bonchev–Trinajstić information content (AvgIpc) is 3.08. The zero-order valence-corrected chi connectivity index (χ0v) is 18.1. The monoisotopic (exact) mass is 443 g/mol. The Morgan fingerprint density at radius 2 is 1.89 bits per heavy atom. The second kappa shape index (κ2) is 8.78. The Bertz CT molecular complexity index is 960. The molecule has 148 valence electrons. The molecule has 0 aliphatic heterocycles. The van der Waals surface area contributed by atoms with Crippen LogP contribution < -0.4 is 5.32 Å². The number of nitrogens with one attached hydrogen (secondary N) is 2. The number of hydrogen-bond donors (Lipinski definition) is 2. The molecule has 6 heteroatoms. The van der Waals surface area contributed by atoms with E-state index in [0.29, 0.717) is 6.54 Å². The van der Waals surface area contributed by atoms with Crippen molar-refractivity contribution in [1.82, 2.24) is 15.3 Å². The Kier molecular flexibility index (Phi) is 6.39. The average molecular weight is 444 g/mol. The van der Waals surface area contributed by atoms with E-state index >= 15 is 0 Å². The number of ether oxygens (including phenoxy) is 1. The molecule has 5 nitrogen and oxygen atoms in total. The van der Waals surface area contributed by atoms with Gasteiger partial charge in [0.05, 0.1) is 11.9 Å². The summed E-state index contributed by atoms with van der Waals surface area (Å²) in [4.78, 5) is 19.5. The lowest BCUT2D eigenvalue weighted by molar-refractivity contribution is 0.0527. The first-order valence-electron chi connectivity index (χ1n) is 9.51. The molecule has 0 radical (unpaired) electrons. The standard InChI is InChI=1S/C22H26BrN3O2/c1-22(2,3)28-21(27)24-11-5-4-6-20-25-14-19(26-20)17-8-7-16-13-18(23)10-9-15(16)12-17/h7-10,12-14H,4-6,11H2,1-3H3,(H,24,27)(H,25,26). The molecule has 28 heavy (non-hydrogen) atoms. The number of carbonyl (C=O) groups is 1. The van der Waals surface area contributed by atoms with E-state index < -0.39 is 5.60 Å². The van der Waals surface area contributed by atoms with Gasteiger partial charge in [-0.3, -0.25) is 0 Å². The number of fused-ring (bicyclic) bond motifs is 1. The Hall–Kier alpha value is -2.34. The second-order valence-electron chi connectivity index (χ2n) is 7.84. The van der Waals surface area contributed by atoms with E-state index in [-0.39, 0.29) is 6.09 Å². The van der Waals surface area contributed by atoms with Gasteiger partial charge in [-0.05, 0) is 62.6 Å². The molecule has 2 aromatic carbocycles. The molecule has 0 aliphatic rings. The lowest BCUT2D eigenvalue weighted by atomic mass is 10.1. The van der Waals surface area contributed by atoms with Crippen LogP contribution in [0.25, 0.3) is 22.0 Å². The van der Waals surface area contributed by atoms with Crippen LogP contribution in [0.15, 0.2) is 47.1 Å². The predicted octanol–water partition coefficient (Wildman–Crippen LogP) is 5.84. The molecular formula is C22H26BrN3O2. The number of aryl methyl sites for hydroxylation is 1. The topological polar surface area (TPSA) is 67.0 Å². The molecule has 0 aliphatic carbocycles. The molecule has 0 saturated heterocycles. The summed E-state index contributed by atoms with van der Waals surface area (Å²) < 4.78 is 6.30. The van der Waals surface area contributed by atoms with Crippen molar-refractivity contribution in [2.75, 3.05) is 6.54 Å². The van der Waals surface area contributed by atoms with Crippen molar-refractivity contribution in [3.8, 4) is 11.3 Å². The van der Waals surface area contributed by atoms with Crippen LogP contribution in [0.3, 0.4) is 0 Å². The zero-order chi connectivity index (χ0) is 20.1. The van der Waals surface area contributed by atoms with Gasteiger partial charge in [0.1, 0.15) is 11.4 Å². The highest BCUT2D eigenvalue weighted by Crippen LogP contribution is 2.25. The maximum atomic E-state index is 11.6. The number of halogens is 1. The summed E-state index contributed by atoms with van der Waals surface area (Å²) in [5.74, 6) is 0.961. The minimum Gasteiger partial charge on any atom is -0.444 e. The Morgan fingerprint density at radius 3 is 2.68 bits per heavy atom. The first kappa shape index (κ1) is 20.4. The van der Waals surface area contributed by atoms with E-state index in [9.17, 15) is 4.79 Å². The fraction of sp³-hybridized carbons (Fsp3) is 0.364. The maximum Gasteiger partial charge on any atom is 0.407 e. The van der Waals surface area contributed by atoms with Crippen molar-refractivity contribution in [2.45, 2.75) is 45.6 Å². The molecule has 1 aromatic heterocycles. The van der Waals surface area contributed by atoms with Gasteiger partial charge in [0.15, 0.2) is 0 Å². The van der Waals surface area contributed by atoms with Crippen LogP contribution in [0.4, 0.5) is 4.79 Å². The molecule has 0 fully saturated rings. The van der Waals surface area contributed by atoms with Crippen molar-refractivity contribution in [1.29, 1.82) is 0 Å². The highest BCUT2D eigenvalue weighted by atomic mass is 79.9. The molecule has 3 rings (SSSR count). The fourth-order valence-electron chi connectivity index (χ4n) is 2.94. The lowest BCUT2D eigenvalue weighted by Crippen LogP contribution is -2.33. The molecule has 1 heterocycles. The van der Waals surface area contributed by atoms with Crippen molar-refractivity contribution >= 4 is 32.8 Å². The number of H-pyrrole nitrogens is 1. The van der Waals surface area contributed by atoms with Gasteiger partial charge in [-0.25, -0.2) is 9.78 Å². The first-order valence-corrected chi connectivity index (χ1v) is 10.3. The van der Waals surface area contributed by atoms with E-state index in [2.05, 4.69) is 67.6 Å². The molecule has 3 aromatic rings. The van der Waals surface area contributed by atoms with Crippen molar-refractivity contribution < 1.29 is 9.53 Å². The van der Waals surface area contributed by atoms with Gasteiger partial charge in [-0.15, -0.1) is 0 Å². The number of alkyl carbamates (subject to hydrolysis) is 1. The van der Waals surface area contributed by atoms with Crippen molar-refractivity contribution in [2.24, 2.45) is 0 Å². The Balaban J connectivity index is 1.49. The third kappa shape index (κ3) is 5.83. The quantitative estimate of drug-likeness (QED) is 0.470. The van der Waals surface area contributed by atoms with Crippen molar-refractivity contribution in [3.05, 3.63) is 52.9 Å². The minimum atomic E-state index is -0.464. The van der Waals surface area contributed by atoms with Crippen LogP contribution in [0.5, 0.6) is 0 Å². The number of aromatic amines is 1. The minimum absolute atomic E-state index is 0.365. The summed E-state index contributed by atoms with van der Waals surface area (Å²) in [7, 11) is 0. The highest BCUT2D eigenvalue weighted by Gasteiger charge is 2.15. The molecule has 2 N–H and O–H groups in total. The number of unbranched alkanes of at least 4 members (excludes halogenated alkanes) is 1. The number of hydrogen-bond acceptors (Lipinski definition) is 3. The molecule has 0 saturated carbocycles. The van der Waals surface area contributed by atoms with Gasteiger partial charge in [0, 0.05) is 23.0 Å². The number of amides is 1. The summed E-state index contributed by atoms with van der Waals surface area (Å²) >= 11 is 3.51. The van der Waals surface area contributed by atoms with Gasteiger partial charge in [0.25, 0.3) is 0 Å². The molecule has 0 unspecified atom stereocenters. The zero-order valence-electron chi connectivity index (χ0n) is 16.5. The predicted molar refractivity (Wildman–Crippen MR) is 116 cm³/mol. The Labute approximate surface area is 174 Å². The number of benzene rings is 2. The second-order valence-corrected chi connectivity index (χ2v) is 8.75. The smallest absolute Gasteiger partial charge is 0.407 e. The normalized spacial score (nSPS) is 11.6. The number of carbonyl (C=O) groups excluding carboxylic acids is 1. The van der Waals surface area contributed by atoms with Crippen LogP contribution in [0.1, 0.15) is 39.4 Å². The van der Waals surface area contributed by atoms with Crippen LogP contribution in [-0.2, 0) is 11.2 Å². The van der Waals surface area contributed by atoms with Gasteiger partial charge in [0.2, 0.25) is 0 Å². The van der Waals surface area contributed by atoms with Crippen LogP contribution in [0.2, 0.25) is 0 Å². The summed E-state index contributed by atoms with van der Waals surface area (Å²) in [6.45, 7) is 6.17. The third-order valence-electron chi connectivity index (χ3n) is 4.25. The van der Waals surface area contributed by atoms with Crippen LogP contribution in [0, 0.1) is 0 Å². The summed E-state index contributed by atoms with van der Waals surface area (Å²) in [5, 5.41) is 5.19. The maximum absolute atomic E-state index is 11.6. The lowest BCUT2D eigenvalue weighted by Gasteiger charge is -2.19. The molecule has 0 atom stereocenters. The fourth-order valence-corrected chi connectivity index (χ4v) is 3.32. The SMILES string of the molecule is CC(C)(C)OC(=O)NCCCCc1ncc(-c2ccc3cc(Br)ccc3c2)[nH]1. The largest absolute Gasteiger partial charge is 0.444 e. The summed E-state index contributed by atoms with van der Waals surface area (Å²) in [6.07, 6.45) is 4.18. The molecule has 0 bridgehead atoms. The van der Waals surface area contributed by atoms with Gasteiger partial charge in [-0.2, -0.15) is 0 Å². The molecule has 1 amide bonds. The highest BCUT2D eigenvalue weighted by molar-refractivity contribution is 9.10. The van der Waals surface area contributed by atoms with Gasteiger partial charge < -0.3 is 15.0 Å². The molecule has 0 spiro atoms. The van der Waals surface area contributed by atoms with E-state index in [1.165, 1.54) is 10.8 Å². The van der Waals surface area contributed by atoms with Crippen molar-refractivity contribution in [3.63, 3.8) is 0 Å². The van der Waals surface area contributed by atoms with Crippen LogP contribution in [-0.4, -0.2) is 28.2 Å². The van der Waals surface area contributed by atoms with E-state index in [1.807, 2.05) is 27.0 Å². The van der Waals surface area contributed by atoms with E-state index in [0.717, 1.165) is 40.8 Å². The van der Waals surface area contributed by atoms with Gasteiger partial charge in [-0.1, -0.05) is 34.1 Å². The first-order chi connectivity index (χ1) is 13.3. The molecular weight excluding hydrogens is 418 g/mol. The number of rotatable bonds is 6. The van der Waals surface area contributed by atoms with Crippen LogP contribution >= 0.6 is 15.9 Å². The number of nitrogens with zero attached hydrogens (tertiary/aromatic N) is 1. The van der Waals surface area contributed by atoms with Gasteiger partial charge >= 0.3 is 6.09 Å². The summed E-state index contributed by atoms with van der Waals surface area (Å²) in [5.41, 5.74) is 1.68. The third-order valence-corrected chi connectivity index (χ3v) is 4.74. The Morgan fingerprint density at radius 1 is 1.14 bits per heavy atom. The number of aromatic nitrogens is 2. The van der Waals surface area contributed by atoms with E-state index in [1.54, 1.807) is 0 Å².